The van der Waals surface area contributed by atoms with Crippen molar-refractivity contribution in [2.24, 2.45) is 4.99 Å². The minimum absolute atomic E-state index is 0.222. The molecule has 0 unspecified atom stereocenters. The second kappa shape index (κ2) is 5.85. The number of rotatable bonds is 3. The van der Waals surface area contributed by atoms with Crippen molar-refractivity contribution >= 4 is 22.7 Å². The summed E-state index contributed by atoms with van der Waals surface area (Å²) in [5.74, 6) is -0.0421. The number of benzene rings is 2. The molecule has 21 heavy (non-hydrogen) atoms. The summed E-state index contributed by atoms with van der Waals surface area (Å²) in [7, 11) is 0. The molecule has 3 nitrogen and oxygen atoms in total. The summed E-state index contributed by atoms with van der Waals surface area (Å²) in [6.07, 6.45) is 1.69. The quantitative estimate of drug-likeness (QED) is 0.728. The van der Waals surface area contributed by atoms with Crippen molar-refractivity contribution in [2.45, 2.75) is 0 Å². The number of hydrogen-bond donors (Lipinski definition) is 1. The SMILES string of the molecule is Oc1ccc(/C=N/c2nc(-c3ccc(F)cc3)cs2)cc1. The fraction of sp³-hybridized carbons (Fsp3) is 0. The van der Waals surface area contributed by atoms with Gasteiger partial charge < -0.3 is 5.11 Å². The van der Waals surface area contributed by atoms with E-state index in [0.717, 1.165) is 16.8 Å². The van der Waals surface area contributed by atoms with Crippen molar-refractivity contribution < 1.29 is 9.50 Å². The first kappa shape index (κ1) is 13.5. The van der Waals surface area contributed by atoms with Crippen LogP contribution < -0.4 is 0 Å². The van der Waals surface area contributed by atoms with Gasteiger partial charge in [-0.25, -0.2) is 14.4 Å². The van der Waals surface area contributed by atoms with Gasteiger partial charge in [-0.05, 0) is 54.1 Å². The third kappa shape index (κ3) is 3.32. The Morgan fingerprint density at radius 3 is 2.48 bits per heavy atom. The molecular weight excluding hydrogens is 287 g/mol. The molecule has 0 saturated carbocycles. The van der Waals surface area contributed by atoms with Crippen molar-refractivity contribution in [1.29, 1.82) is 0 Å². The molecule has 0 fully saturated rings. The third-order valence-electron chi connectivity index (χ3n) is 2.85. The Hall–Kier alpha value is -2.53. The van der Waals surface area contributed by atoms with Crippen LogP contribution >= 0.6 is 11.3 Å². The van der Waals surface area contributed by atoms with Gasteiger partial charge in [-0.1, -0.05) is 0 Å². The number of halogens is 1. The highest BCUT2D eigenvalue weighted by molar-refractivity contribution is 7.13. The van der Waals surface area contributed by atoms with Crippen LogP contribution in [0.2, 0.25) is 0 Å². The van der Waals surface area contributed by atoms with Gasteiger partial charge in [0.25, 0.3) is 0 Å². The Morgan fingerprint density at radius 1 is 1.05 bits per heavy atom. The van der Waals surface area contributed by atoms with E-state index in [0.29, 0.717) is 5.13 Å². The second-order valence-electron chi connectivity index (χ2n) is 4.37. The van der Waals surface area contributed by atoms with Crippen LogP contribution in [0.5, 0.6) is 5.75 Å². The first-order valence-electron chi connectivity index (χ1n) is 6.25. The molecule has 0 radical (unpaired) electrons. The van der Waals surface area contributed by atoms with Gasteiger partial charge in [0.2, 0.25) is 5.13 Å². The minimum atomic E-state index is -0.264. The Morgan fingerprint density at radius 2 is 1.76 bits per heavy atom. The van der Waals surface area contributed by atoms with E-state index in [2.05, 4.69) is 9.98 Å². The number of nitrogens with zero attached hydrogens (tertiary/aromatic N) is 2. The van der Waals surface area contributed by atoms with Gasteiger partial charge in [0.1, 0.15) is 11.6 Å². The van der Waals surface area contributed by atoms with Crippen LogP contribution in [0.1, 0.15) is 5.56 Å². The van der Waals surface area contributed by atoms with Crippen molar-refractivity contribution in [3.8, 4) is 17.0 Å². The standard InChI is InChI=1S/C16H11FN2OS/c17-13-5-3-12(4-6-13)15-10-21-16(19-15)18-9-11-1-7-14(20)8-2-11/h1-10,20H/b18-9+. The van der Waals surface area contributed by atoms with E-state index in [1.165, 1.54) is 23.5 Å². The van der Waals surface area contributed by atoms with Crippen molar-refractivity contribution in [2.75, 3.05) is 0 Å². The van der Waals surface area contributed by atoms with Crippen molar-refractivity contribution in [3.05, 3.63) is 65.3 Å². The molecule has 1 N–H and O–H groups in total. The van der Waals surface area contributed by atoms with Crippen LogP contribution in [0.3, 0.4) is 0 Å². The first-order chi connectivity index (χ1) is 10.2. The van der Waals surface area contributed by atoms with Gasteiger partial charge in [-0.3, -0.25) is 0 Å². The van der Waals surface area contributed by atoms with Crippen LogP contribution in [0, 0.1) is 5.82 Å². The fourth-order valence-electron chi connectivity index (χ4n) is 1.77. The van der Waals surface area contributed by atoms with E-state index in [-0.39, 0.29) is 11.6 Å². The van der Waals surface area contributed by atoms with Crippen molar-refractivity contribution in [3.63, 3.8) is 0 Å². The summed E-state index contributed by atoms with van der Waals surface area (Å²) in [6.45, 7) is 0. The van der Waals surface area contributed by atoms with Gasteiger partial charge in [0, 0.05) is 17.2 Å². The van der Waals surface area contributed by atoms with Gasteiger partial charge in [-0.15, -0.1) is 11.3 Å². The lowest BCUT2D eigenvalue weighted by molar-refractivity contribution is 0.475. The molecule has 1 aromatic heterocycles. The number of hydrogen-bond acceptors (Lipinski definition) is 4. The number of phenols is 1. The molecule has 5 heteroatoms. The summed E-state index contributed by atoms with van der Waals surface area (Å²) < 4.78 is 12.9. The van der Waals surface area contributed by atoms with Gasteiger partial charge in [0.05, 0.1) is 5.69 Å². The molecule has 0 aliphatic carbocycles. The number of thiazole rings is 1. The Bertz CT molecular complexity index is 764. The summed E-state index contributed by atoms with van der Waals surface area (Å²) in [6, 6.07) is 13.0. The molecule has 0 aliphatic rings. The van der Waals surface area contributed by atoms with E-state index in [4.69, 9.17) is 0 Å². The maximum Gasteiger partial charge on any atom is 0.209 e. The zero-order valence-corrected chi connectivity index (χ0v) is 11.7. The maximum absolute atomic E-state index is 12.9. The highest BCUT2D eigenvalue weighted by atomic mass is 32.1. The molecule has 0 saturated heterocycles. The van der Waals surface area contributed by atoms with Gasteiger partial charge >= 0.3 is 0 Å². The topological polar surface area (TPSA) is 45.5 Å². The normalized spacial score (nSPS) is 11.1. The lowest BCUT2D eigenvalue weighted by Crippen LogP contribution is -1.80. The maximum atomic E-state index is 12.9. The van der Waals surface area contributed by atoms with Crippen LogP contribution in [0.4, 0.5) is 9.52 Å². The summed E-state index contributed by atoms with van der Waals surface area (Å²) in [5.41, 5.74) is 2.52. The van der Waals surface area contributed by atoms with Gasteiger partial charge in [0.15, 0.2) is 0 Å². The molecule has 104 valence electrons. The highest BCUT2D eigenvalue weighted by Crippen LogP contribution is 2.26. The number of aromatic hydroxyl groups is 1. The molecule has 0 amide bonds. The number of phenolic OH excluding ortho intramolecular Hbond substituents is 1. The summed E-state index contributed by atoms with van der Waals surface area (Å²) in [4.78, 5) is 8.69. The minimum Gasteiger partial charge on any atom is -0.508 e. The van der Waals surface area contributed by atoms with E-state index >= 15 is 0 Å². The van der Waals surface area contributed by atoms with E-state index in [9.17, 15) is 9.50 Å². The zero-order chi connectivity index (χ0) is 14.7. The predicted molar refractivity (Wildman–Crippen MR) is 82.9 cm³/mol. The van der Waals surface area contributed by atoms with Crippen LogP contribution in [0.25, 0.3) is 11.3 Å². The highest BCUT2D eigenvalue weighted by Gasteiger charge is 2.03. The molecule has 0 bridgehead atoms. The lowest BCUT2D eigenvalue weighted by atomic mass is 10.2. The molecule has 0 spiro atoms. The average Bonchev–Trinajstić information content (AvgIpc) is 2.96. The van der Waals surface area contributed by atoms with Crippen LogP contribution in [0.15, 0.2) is 58.9 Å². The first-order valence-corrected chi connectivity index (χ1v) is 7.13. The molecule has 0 aliphatic heterocycles. The third-order valence-corrected chi connectivity index (χ3v) is 3.60. The fourth-order valence-corrected chi connectivity index (χ4v) is 2.44. The predicted octanol–water partition coefficient (Wildman–Crippen LogP) is 4.41. The number of aromatic nitrogens is 1. The Balaban J connectivity index is 1.78. The smallest absolute Gasteiger partial charge is 0.209 e. The number of aliphatic imine (C=N–C) groups is 1. The summed E-state index contributed by atoms with van der Waals surface area (Å²) >= 11 is 1.42. The Labute approximate surface area is 125 Å². The molecule has 3 aromatic rings. The average molecular weight is 298 g/mol. The van der Waals surface area contributed by atoms with Gasteiger partial charge in [-0.2, -0.15) is 0 Å². The monoisotopic (exact) mass is 298 g/mol. The largest absolute Gasteiger partial charge is 0.508 e. The van der Waals surface area contributed by atoms with Crippen LogP contribution in [-0.4, -0.2) is 16.3 Å². The molecule has 0 atom stereocenters. The van der Waals surface area contributed by atoms with Crippen molar-refractivity contribution in [1.82, 2.24) is 4.98 Å². The molecule has 3 rings (SSSR count). The molecule has 1 heterocycles. The summed E-state index contributed by atoms with van der Waals surface area (Å²) in [5, 5.41) is 11.7. The van der Waals surface area contributed by atoms with E-state index in [1.807, 2.05) is 5.38 Å². The molecular formula is C16H11FN2OS. The zero-order valence-electron chi connectivity index (χ0n) is 10.9. The second-order valence-corrected chi connectivity index (χ2v) is 5.21. The van der Waals surface area contributed by atoms with E-state index < -0.39 is 0 Å². The van der Waals surface area contributed by atoms with Crippen LogP contribution in [-0.2, 0) is 0 Å². The lowest BCUT2D eigenvalue weighted by Gasteiger charge is -1.95. The Kier molecular flexibility index (Phi) is 3.75. The molecule has 2 aromatic carbocycles. The van der Waals surface area contributed by atoms with E-state index in [1.54, 1.807) is 42.6 Å².